The van der Waals surface area contributed by atoms with E-state index in [0.717, 1.165) is 15.7 Å². The van der Waals surface area contributed by atoms with E-state index in [0.29, 0.717) is 11.1 Å². The van der Waals surface area contributed by atoms with E-state index >= 15 is 0 Å². The molecule has 1 aliphatic heterocycles. The van der Waals surface area contributed by atoms with Crippen molar-refractivity contribution in [2.45, 2.75) is 0 Å². The monoisotopic (exact) mass is 211 g/mol. The lowest BCUT2D eigenvalue weighted by atomic mass is 9.94. The van der Waals surface area contributed by atoms with Gasteiger partial charge in [-0.1, -0.05) is 24.3 Å². The predicted octanol–water partition coefficient (Wildman–Crippen LogP) is 2.07. The van der Waals surface area contributed by atoms with Gasteiger partial charge in [0.1, 0.15) is 0 Å². The molecule has 3 nitrogen and oxygen atoms in total. The van der Waals surface area contributed by atoms with Crippen molar-refractivity contribution >= 4 is 22.6 Å². The van der Waals surface area contributed by atoms with Crippen molar-refractivity contribution in [3.63, 3.8) is 0 Å². The molecule has 0 saturated carbocycles. The molecule has 2 amide bonds. The lowest BCUT2D eigenvalue weighted by Gasteiger charge is -2.23. The van der Waals surface area contributed by atoms with Crippen LogP contribution in [0.2, 0.25) is 0 Å². The van der Waals surface area contributed by atoms with Crippen LogP contribution in [-0.2, 0) is 0 Å². The lowest BCUT2D eigenvalue weighted by Crippen LogP contribution is -2.36. The summed E-state index contributed by atoms with van der Waals surface area (Å²) < 4.78 is 0. The van der Waals surface area contributed by atoms with E-state index in [1.165, 1.54) is 7.05 Å². The van der Waals surface area contributed by atoms with Gasteiger partial charge in [-0.15, -0.1) is 0 Å². The third-order valence-corrected chi connectivity index (χ3v) is 2.97. The Labute approximate surface area is 92.3 Å². The maximum absolute atomic E-state index is 11.9. The molecule has 3 heteroatoms. The first-order chi connectivity index (χ1) is 7.70. The Balaban J connectivity index is 2.52. The Morgan fingerprint density at radius 2 is 1.38 bits per heavy atom. The van der Waals surface area contributed by atoms with Gasteiger partial charge in [-0.25, -0.2) is 0 Å². The van der Waals surface area contributed by atoms with E-state index in [4.69, 9.17) is 0 Å². The molecule has 16 heavy (non-hydrogen) atoms. The summed E-state index contributed by atoms with van der Waals surface area (Å²) in [5.41, 5.74) is 1.21. The van der Waals surface area contributed by atoms with Gasteiger partial charge in [-0.05, 0) is 17.5 Å². The van der Waals surface area contributed by atoms with Crippen LogP contribution in [0.4, 0.5) is 0 Å². The summed E-state index contributed by atoms with van der Waals surface area (Å²) in [6.45, 7) is 0. The number of rotatable bonds is 0. The van der Waals surface area contributed by atoms with Crippen LogP contribution in [0.25, 0.3) is 10.8 Å². The highest BCUT2D eigenvalue weighted by atomic mass is 16.2. The van der Waals surface area contributed by atoms with Gasteiger partial charge in [0.2, 0.25) is 0 Å². The molecule has 2 aromatic carbocycles. The van der Waals surface area contributed by atoms with Gasteiger partial charge in [0.05, 0.1) is 0 Å². The molecule has 0 atom stereocenters. The molecule has 0 unspecified atom stereocenters. The molecule has 0 saturated heterocycles. The van der Waals surface area contributed by atoms with Crippen molar-refractivity contribution < 1.29 is 9.59 Å². The molecule has 78 valence electrons. The maximum Gasteiger partial charge on any atom is 0.261 e. The zero-order valence-corrected chi connectivity index (χ0v) is 8.73. The van der Waals surface area contributed by atoms with Gasteiger partial charge in [0.15, 0.2) is 0 Å². The molecule has 0 radical (unpaired) electrons. The zero-order valence-electron chi connectivity index (χ0n) is 8.73. The van der Waals surface area contributed by atoms with E-state index in [9.17, 15) is 9.59 Å². The van der Waals surface area contributed by atoms with E-state index < -0.39 is 0 Å². The van der Waals surface area contributed by atoms with Crippen molar-refractivity contribution in [1.82, 2.24) is 4.90 Å². The summed E-state index contributed by atoms with van der Waals surface area (Å²) in [6.07, 6.45) is 0. The lowest BCUT2D eigenvalue weighted by molar-refractivity contribution is 0.0651. The molecular weight excluding hydrogens is 202 g/mol. The standard InChI is InChI=1S/C13H9NO2/c1-14-12(15)9-6-2-4-8-5-3-7-10(11(8)9)13(14)16/h2-7H,1H3. The maximum atomic E-state index is 11.9. The number of imide groups is 1. The van der Waals surface area contributed by atoms with E-state index in [-0.39, 0.29) is 11.8 Å². The molecule has 0 aliphatic carbocycles. The van der Waals surface area contributed by atoms with E-state index in [1.807, 2.05) is 24.3 Å². The molecular formula is C13H9NO2. The van der Waals surface area contributed by atoms with Crippen molar-refractivity contribution in [3.8, 4) is 0 Å². The first-order valence-electron chi connectivity index (χ1n) is 5.04. The number of hydrogen-bond donors (Lipinski definition) is 0. The number of carbonyl (C=O) groups is 2. The van der Waals surface area contributed by atoms with Gasteiger partial charge in [0.25, 0.3) is 11.8 Å². The third kappa shape index (κ3) is 0.972. The van der Waals surface area contributed by atoms with Crippen LogP contribution in [0.1, 0.15) is 20.7 Å². The van der Waals surface area contributed by atoms with Crippen molar-refractivity contribution in [2.75, 3.05) is 7.05 Å². The van der Waals surface area contributed by atoms with Crippen LogP contribution in [-0.4, -0.2) is 23.8 Å². The van der Waals surface area contributed by atoms with Crippen LogP contribution < -0.4 is 0 Å². The Hall–Kier alpha value is -2.16. The largest absolute Gasteiger partial charge is 0.277 e. The smallest absolute Gasteiger partial charge is 0.261 e. The van der Waals surface area contributed by atoms with Crippen LogP contribution in [0.15, 0.2) is 36.4 Å². The van der Waals surface area contributed by atoms with Crippen LogP contribution in [0.3, 0.4) is 0 Å². The molecule has 1 heterocycles. The van der Waals surface area contributed by atoms with Crippen LogP contribution >= 0.6 is 0 Å². The quantitative estimate of drug-likeness (QED) is 0.625. The highest BCUT2D eigenvalue weighted by Gasteiger charge is 2.29. The molecule has 2 aromatic rings. The minimum absolute atomic E-state index is 0.227. The first-order valence-corrected chi connectivity index (χ1v) is 5.04. The average molecular weight is 211 g/mol. The van der Waals surface area contributed by atoms with E-state index in [1.54, 1.807) is 12.1 Å². The van der Waals surface area contributed by atoms with Gasteiger partial charge in [-0.2, -0.15) is 0 Å². The summed E-state index contributed by atoms with van der Waals surface area (Å²) in [6, 6.07) is 11.0. The average Bonchev–Trinajstić information content (AvgIpc) is 2.33. The van der Waals surface area contributed by atoms with Gasteiger partial charge >= 0.3 is 0 Å². The fourth-order valence-electron chi connectivity index (χ4n) is 2.15. The van der Waals surface area contributed by atoms with Crippen molar-refractivity contribution in [3.05, 3.63) is 47.5 Å². The number of hydrogen-bond acceptors (Lipinski definition) is 2. The molecule has 3 rings (SSSR count). The van der Waals surface area contributed by atoms with Gasteiger partial charge < -0.3 is 0 Å². The Bertz CT molecular complexity index is 580. The summed E-state index contributed by atoms with van der Waals surface area (Å²) in [5.74, 6) is -0.455. The summed E-state index contributed by atoms with van der Waals surface area (Å²) in [5, 5.41) is 1.71. The number of nitrogens with zero attached hydrogens (tertiary/aromatic N) is 1. The zero-order chi connectivity index (χ0) is 11.3. The second-order valence-electron chi connectivity index (χ2n) is 3.88. The second-order valence-corrected chi connectivity index (χ2v) is 3.88. The molecule has 0 N–H and O–H groups in total. The molecule has 1 aliphatic rings. The Morgan fingerprint density at radius 3 is 1.88 bits per heavy atom. The molecule has 0 fully saturated rings. The Kier molecular flexibility index (Phi) is 1.66. The van der Waals surface area contributed by atoms with Crippen LogP contribution in [0.5, 0.6) is 0 Å². The summed E-state index contributed by atoms with van der Waals surface area (Å²) >= 11 is 0. The molecule has 0 aromatic heterocycles. The highest BCUT2D eigenvalue weighted by molar-refractivity contribution is 6.25. The molecule has 0 bridgehead atoms. The normalized spacial score (nSPS) is 14.7. The number of amides is 2. The fourth-order valence-corrected chi connectivity index (χ4v) is 2.15. The van der Waals surface area contributed by atoms with E-state index in [2.05, 4.69) is 0 Å². The predicted molar refractivity (Wildman–Crippen MR) is 60.4 cm³/mol. The number of benzene rings is 2. The fraction of sp³-hybridized carbons (Fsp3) is 0.0769. The van der Waals surface area contributed by atoms with Crippen molar-refractivity contribution in [1.29, 1.82) is 0 Å². The number of carbonyl (C=O) groups excluding carboxylic acids is 2. The second kappa shape index (κ2) is 2.92. The minimum atomic E-state index is -0.228. The van der Waals surface area contributed by atoms with Crippen molar-refractivity contribution in [2.24, 2.45) is 0 Å². The third-order valence-electron chi connectivity index (χ3n) is 2.97. The first kappa shape index (κ1) is 9.09. The minimum Gasteiger partial charge on any atom is -0.277 e. The summed E-state index contributed by atoms with van der Waals surface area (Å²) in [7, 11) is 1.51. The van der Waals surface area contributed by atoms with Crippen LogP contribution in [0, 0.1) is 0 Å². The summed E-state index contributed by atoms with van der Waals surface area (Å²) in [4.78, 5) is 25.0. The van der Waals surface area contributed by atoms with Gasteiger partial charge in [0, 0.05) is 23.6 Å². The topological polar surface area (TPSA) is 37.4 Å². The SMILES string of the molecule is CN1C(=O)c2cccc3cccc(c23)C1=O. The molecule has 0 spiro atoms. The Morgan fingerprint density at radius 1 is 0.875 bits per heavy atom. The van der Waals surface area contributed by atoms with Gasteiger partial charge in [-0.3, -0.25) is 14.5 Å². The highest BCUT2D eigenvalue weighted by Crippen LogP contribution is 2.28.